The minimum atomic E-state index is 0.838. The van der Waals surface area contributed by atoms with Crippen LogP contribution < -0.4 is 5.32 Å². The zero-order valence-corrected chi connectivity index (χ0v) is 11.2. The lowest BCUT2D eigenvalue weighted by Gasteiger charge is -2.22. The Balaban J connectivity index is 1.56. The van der Waals surface area contributed by atoms with E-state index in [4.69, 9.17) is 0 Å². The van der Waals surface area contributed by atoms with Gasteiger partial charge in [0.25, 0.3) is 0 Å². The van der Waals surface area contributed by atoms with Gasteiger partial charge in [0.2, 0.25) is 0 Å². The van der Waals surface area contributed by atoms with Gasteiger partial charge < -0.3 is 5.32 Å². The maximum absolute atomic E-state index is 4.24. The molecule has 2 aromatic rings. The lowest BCUT2D eigenvalue weighted by atomic mass is 9.97. The Morgan fingerprint density at radius 2 is 2.39 bits per heavy atom. The summed E-state index contributed by atoms with van der Waals surface area (Å²) in [5, 5.41) is 12.9. The molecular formula is C13H18N4S. The van der Waals surface area contributed by atoms with Crippen molar-refractivity contribution < 1.29 is 0 Å². The number of thioether (sulfide) groups is 1. The van der Waals surface area contributed by atoms with E-state index in [1.54, 1.807) is 0 Å². The van der Waals surface area contributed by atoms with E-state index in [-0.39, 0.29) is 0 Å². The Morgan fingerprint density at radius 1 is 1.39 bits per heavy atom. The number of pyridine rings is 1. The second-order valence-electron chi connectivity index (χ2n) is 4.76. The van der Waals surface area contributed by atoms with Gasteiger partial charge in [-0.05, 0) is 50.4 Å². The minimum Gasteiger partial charge on any atom is -0.316 e. The number of hydrogen-bond acceptors (Lipinski definition) is 4. The molecule has 0 saturated carbocycles. The van der Waals surface area contributed by atoms with Crippen LogP contribution in [0.2, 0.25) is 0 Å². The smallest absolute Gasteiger partial charge is 0.195 e. The highest BCUT2D eigenvalue weighted by molar-refractivity contribution is 7.99. The van der Waals surface area contributed by atoms with Crippen LogP contribution in [0.3, 0.4) is 0 Å². The van der Waals surface area contributed by atoms with E-state index in [0.717, 1.165) is 22.5 Å². The van der Waals surface area contributed by atoms with Gasteiger partial charge in [-0.3, -0.25) is 4.40 Å². The second-order valence-corrected chi connectivity index (χ2v) is 5.82. The number of fused-ring (bicyclic) bond motifs is 1. The van der Waals surface area contributed by atoms with Crippen molar-refractivity contribution in [3.63, 3.8) is 0 Å². The topological polar surface area (TPSA) is 42.2 Å². The van der Waals surface area contributed by atoms with Gasteiger partial charge in [0, 0.05) is 11.9 Å². The van der Waals surface area contributed by atoms with E-state index < -0.39 is 0 Å². The predicted molar refractivity (Wildman–Crippen MR) is 73.9 cm³/mol. The third-order valence-corrected chi connectivity index (χ3v) is 4.42. The molecule has 1 fully saturated rings. The van der Waals surface area contributed by atoms with E-state index in [1.807, 2.05) is 36.2 Å². The van der Waals surface area contributed by atoms with E-state index in [1.165, 1.54) is 32.4 Å². The summed E-state index contributed by atoms with van der Waals surface area (Å²) >= 11 is 1.81. The normalized spacial score (nSPS) is 20.3. The number of rotatable bonds is 4. The van der Waals surface area contributed by atoms with Gasteiger partial charge in [-0.2, -0.15) is 0 Å². The molecule has 96 valence electrons. The van der Waals surface area contributed by atoms with Crippen molar-refractivity contribution in [3.8, 4) is 0 Å². The van der Waals surface area contributed by atoms with Crippen LogP contribution in [0.15, 0.2) is 29.6 Å². The lowest BCUT2D eigenvalue weighted by Crippen LogP contribution is -2.29. The molecule has 1 atom stereocenters. The average Bonchev–Trinajstić information content (AvgIpc) is 2.84. The number of nitrogens with one attached hydrogen (secondary N) is 1. The summed E-state index contributed by atoms with van der Waals surface area (Å²) in [7, 11) is 0. The molecule has 1 aliphatic heterocycles. The molecule has 3 rings (SSSR count). The first-order chi connectivity index (χ1) is 8.93. The standard InChI is InChI=1S/C13H18N4S/c1-2-8-17-12(5-1)15-16-13(17)18-9-6-11-4-3-7-14-10-11/h1-2,5,8,11,14H,3-4,6-7,9-10H2. The summed E-state index contributed by atoms with van der Waals surface area (Å²) in [5.74, 6) is 1.97. The van der Waals surface area contributed by atoms with E-state index in [9.17, 15) is 0 Å². The van der Waals surface area contributed by atoms with Crippen molar-refractivity contribution in [2.24, 2.45) is 5.92 Å². The molecule has 5 heteroatoms. The Labute approximate surface area is 111 Å². The monoisotopic (exact) mass is 262 g/mol. The van der Waals surface area contributed by atoms with Crippen molar-refractivity contribution in [1.29, 1.82) is 0 Å². The average molecular weight is 262 g/mol. The summed E-state index contributed by atoms with van der Waals surface area (Å²) in [6, 6.07) is 6.00. The van der Waals surface area contributed by atoms with Crippen LogP contribution in [0, 0.1) is 5.92 Å². The van der Waals surface area contributed by atoms with Gasteiger partial charge >= 0.3 is 0 Å². The number of piperidine rings is 1. The van der Waals surface area contributed by atoms with Crippen molar-refractivity contribution >= 4 is 17.4 Å². The summed E-state index contributed by atoms with van der Waals surface area (Å²) in [6.45, 7) is 2.37. The molecule has 1 aliphatic rings. The van der Waals surface area contributed by atoms with E-state index >= 15 is 0 Å². The molecule has 0 aliphatic carbocycles. The van der Waals surface area contributed by atoms with Crippen LogP contribution in [0.1, 0.15) is 19.3 Å². The Bertz CT molecular complexity index is 504. The first kappa shape index (κ1) is 12.0. The van der Waals surface area contributed by atoms with Gasteiger partial charge in [-0.15, -0.1) is 10.2 Å². The molecular weight excluding hydrogens is 244 g/mol. The zero-order valence-electron chi connectivity index (χ0n) is 10.4. The van der Waals surface area contributed by atoms with Crippen LogP contribution in [-0.4, -0.2) is 33.4 Å². The van der Waals surface area contributed by atoms with Gasteiger partial charge in [0.05, 0.1) is 0 Å². The molecule has 0 radical (unpaired) electrons. The molecule has 1 saturated heterocycles. The maximum Gasteiger partial charge on any atom is 0.195 e. The first-order valence-corrected chi connectivity index (χ1v) is 7.55. The molecule has 4 nitrogen and oxygen atoms in total. The Morgan fingerprint density at radius 3 is 3.28 bits per heavy atom. The molecule has 1 unspecified atom stereocenters. The van der Waals surface area contributed by atoms with Crippen molar-refractivity contribution in [1.82, 2.24) is 19.9 Å². The van der Waals surface area contributed by atoms with Crippen LogP contribution >= 0.6 is 11.8 Å². The fourth-order valence-electron chi connectivity index (χ4n) is 2.41. The highest BCUT2D eigenvalue weighted by atomic mass is 32.2. The summed E-state index contributed by atoms with van der Waals surface area (Å²) in [5.41, 5.74) is 0.930. The van der Waals surface area contributed by atoms with Gasteiger partial charge in [0.15, 0.2) is 10.8 Å². The Kier molecular flexibility index (Phi) is 3.81. The number of nitrogens with zero attached hydrogens (tertiary/aromatic N) is 3. The molecule has 0 amide bonds. The van der Waals surface area contributed by atoms with Crippen LogP contribution in [0.5, 0.6) is 0 Å². The van der Waals surface area contributed by atoms with E-state index in [0.29, 0.717) is 0 Å². The van der Waals surface area contributed by atoms with Gasteiger partial charge in [-0.1, -0.05) is 17.8 Å². The molecule has 3 heterocycles. The summed E-state index contributed by atoms with van der Waals surface area (Å²) < 4.78 is 2.06. The molecule has 2 aromatic heterocycles. The fourth-order valence-corrected chi connectivity index (χ4v) is 3.43. The quantitative estimate of drug-likeness (QED) is 0.858. The highest BCUT2D eigenvalue weighted by Gasteiger charge is 2.13. The minimum absolute atomic E-state index is 0.838. The van der Waals surface area contributed by atoms with Gasteiger partial charge in [0.1, 0.15) is 0 Å². The molecule has 0 spiro atoms. The SMILES string of the molecule is c1ccn2c(SCCC3CCCNC3)nnc2c1. The third-order valence-electron chi connectivity index (χ3n) is 3.44. The summed E-state index contributed by atoms with van der Waals surface area (Å²) in [6.07, 6.45) is 5.98. The van der Waals surface area contributed by atoms with Crippen molar-refractivity contribution in [2.45, 2.75) is 24.4 Å². The molecule has 0 aromatic carbocycles. The summed E-state index contributed by atoms with van der Waals surface area (Å²) in [4.78, 5) is 0. The van der Waals surface area contributed by atoms with Crippen molar-refractivity contribution in [3.05, 3.63) is 24.4 Å². The van der Waals surface area contributed by atoms with Crippen LogP contribution in [0.25, 0.3) is 5.65 Å². The fraction of sp³-hybridized carbons (Fsp3) is 0.538. The highest BCUT2D eigenvalue weighted by Crippen LogP contribution is 2.22. The number of aromatic nitrogens is 3. The largest absolute Gasteiger partial charge is 0.316 e. The maximum atomic E-state index is 4.24. The first-order valence-electron chi connectivity index (χ1n) is 6.57. The number of hydrogen-bond donors (Lipinski definition) is 1. The van der Waals surface area contributed by atoms with E-state index in [2.05, 4.69) is 19.9 Å². The zero-order chi connectivity index (χ0) is 12.2. The lowest BCUT2D eigenvalue weighted by molar-refractivity contribution is 0.371. The molecule has 1 N–H and O–H groups in total. The second kappa shape index (κ2) is 5.71. The predicted octanol–water partition coefficient (Wildman–Crippen LogP) is 2.21. The third kappa shape index (κ3) is 2.67. The van der Waals surface area contributed by atoms with Gasteiger partial charge in [-0.25, -0.2) is 0 Å². The van der Waals surface area contributed by atoms with Crippen molar-refractivity contribution in [2.75, 3.05) is 18.8 Å². The van der Waals surface area contributed by atoms with Crippen LogP contribution in [-0.2, 0) is 0 Å². The Hall–Kier alpha value is -1.07. The van der Waals surface area contributed by atoms with Crippen LogP contribution in [0.4, 0.5) is 0 Å². The molecule has 18 heavy (non-hydrogen) atoms. The molecule has 0 bridgehead atoms.